The molecule has 0 radical (unpaired) electrons. The lowest BCUT2D eigenvalue weighted by molar-refractivity contribution is -0.133. The predicted molar refractivity (Wildman–Crippen MR) is 44.8 cm³/mol. The molecule has 1 atom stereocenters. The summed E-state index contributed by atoms with van der Waals surface area (Å²) in [6.45, 7) is 8.01. The van der Waals surface area contributed by atoms with Crippen LogP contribution in [0.15, 0.2) is 25.4 Å². The largest absolute Gasteiger partial charge is 0.319 e. The molecule has 0 aromatic carbocycles. The quantitative estimate of drug-likeness (QED) is 0.548. The number of carbonyl (C=O) groups is 1. The Morgan fingerprint density at radius 1 is 1.55 bits per heavy atom. The van der Waals surface area contributed by atoms with Crippen molar-refractivity contribution in [1.82, 2.24) is 4.90 Å². The van der Waals surface area contributed by atoms with Gasteiger partial charge in [-0.2, -0.15) is 0 Å². The molecule has 0 saturated carbocycles. The highest BCUT2D eigenvalue weighted by atomic mass is 16.2. The van der Waals surface area contributed by atoms with E-state index in [0.717, 1.165) is 19.4 Å². The minimum Gasteiger partial charge on any atom is -0.319 e. The van der Waals surface area contributed by atoms with Crippen molar-refractivity contribution in [2.45, 2.75) is 12.8 Å². The SMILES string of the molecule is C=CC1CCCN(C=C)C1=O. The zero-order valence-corrected chi connectivity index (χ0v) is 6.62. The van der Waals surface area contributed by atoms with Crippen molar-refractivity contribution in [2.75, 3.05) is 6.54 Å². The van der Waals surface area contributed by atoms with Crippen LogP contribution in [0.3, 0.4) is 0 Å². The topological polar surface area (TPSA) is 20.3 Å². The molecule has 2 nitrogen and oxygen atoms in total. The van der Waals surface area contributed by atoms with E-state index in [1.165, 1.54) is 0 Å². The van der Waals surface area contributed by atoms with Crippen LogP contribution >= 0.6 is 0 Å². The summed E-state index contributed by atoms with van der Waals surface area (Å²) in [5.74, 6) is 0.156. The van der Waals surface area contributed by atoms with Crippen molar-refractivity contribution in [3.63, 3.8) is 0 Å². The van der Waals surface area contributed by atoms with Gasteiger partial charge in [-0.05, 0) is 19.0 Å². The summed E-state index contributed by atoms with van der Waals surface area (Å²) in [6.07, 6.45) is 5.30. The van der Waals surface area contributed by atoms with Crippen LogP contribution in [0.2, 0.25) is 0 Å². The first-order valence-corrected chi connectivity index (χ1v) is 3.85. The zero-order chi connectivity index (χ0) is 8.27. The summed E-state index contributed by atoms with van der Waals surface area (Å²) >= 11 is 0. The minimum atomic E-state index is 0.0155. The van der Waals surface area contributed by atoms with E-state index in [0.29, 0.717) is 0 Å². The lowest BCUT2D eigenvalue weighted by Gasteiger charge is -2.27. The van der Waals surface area contributed by atoms with Crippen LogP contribution in [0, 0.1) is 5.92 Å². The third kappa shape index (κ3) is 1.50. The van der Waals surface area contributed by atoms with Gasteiger partial charge >= 0.3 is 0 Å². The number of piperidine rings is 1. The highest BCUT2D eigenvalue weighted by molar-refractivity contribution is 5.81. The van der Waals surface area contributed by atoms with Crippen LogP contribution < -0.4 is 0 Å². The van der Waals surface area contributed by atoms with Crippen molar-refractivity contribution in [3.8, 4) is 0 Å². The molecular weight excluding hydrogens is 138 g/mol. The molecule has 0 aliphatic carbocycles. The Hall–Kier alpha value is -1.05. The molecule has 0 N–H and O–H groups in total. The Kier molecular flexibility index (Phi) is 2.47. The molecule has 1 aliphatic heterocycles. The molecular formula is C9H13NO. The molecule has 1 aliphatic rings. The van der Waals surface area contributed by atoms with Gasteiger partial charge in [0.25, 0.3) is 0 Å². The van der Waals surface area contributed by atoms with E-state index in [1.54, 1.807) is 17.2 Å². The van der Waals surface area contributed by atoms with Crippen LogP contribution in [0.25, 0.3) is 0 Å². The standard InChI is InChI=1S/C9H13NO/c1-3-8-6-5-7-10(4-2)9(8)11/h3-4,8H,1-2,5-7H2. The van der Waals surface area contributed by atoms with Crippen molar-refractivity contribution in [1.29, 1.82) is 0 Å². The third-order valence-corrected chi connectivity index (χ3v) is 2.02. The number of amides is 1. The van der Waals surface area contributed by atoms with E-state index in [1.807, 2.05) is 0 Å². The molecule has 60 valence electrons. The third-order valence-electron chi connectivity index (χ3n) is 2.02. The van der Waals surface area contributed by atoms with E-state index in [-0.39, 0.29) is 11.8 Å². The van der Waals surface area contributed by atoms with Crippen LogP contribution in [0.1, 0.15) is 12.8 Å². The van der Waals surface area contributed by atoms with Crippen LogP contribution in [0.4, 0.5) is 0 Å². The minimum absolute atomic E-state index is 0.0155. The highest BCUT2D eigenvalue weighted by Crippen LogP contribution is 2.18. The van der Waals surface area contributed by atoms with Gasteiger partial charge in [0.1, 0.15) is 0 Å². The van der Waals surface area contributed by atoms with Gasteiger partial charge in [0, 0.05) is 6.54 Å². The van der Waals surface area contributed by atoms with Crippen molar-refractivity contribution in [2.24, 2.45) is 5.92 Å². The van der Waals surface area contributed by atoms with Gasteiger partial charge in [0.05, 0.1) is 5.92 Å². The zero-order valence-electron chi connectivity index (χ0n) is 6.62. The normalized spacial score (nSPS) is 24.9. The average molecular weight is 151 g/mol. The molecule has 1 rings (SSSR count). The van der Waals surface area contributed by atoms with E-state index < -0.39 is 0 Å². The number of hydrogen-bond acceptors (Lipinski definition) is 1. The van der Waals surface area contributed by atoms with E-state index in [2.05, 4.69) is 13.2 Å². The summed E-state index contributed by atoms with van der Waals surface area (Å²) < 4.78 is 0. The first-order chi connectivity index (χ1) is 5.29. The van der Waals surface area contributed by atoms with E-state index in [9.17, 15) is 4.79 Å². The molecule has 1 unspecified atom stereocenters. The number of rotatable bonds is 2. The monoisotopic (exact) mass is 151 g/mol. The Labute approximate surface area is 67.2 Å². The number of likely N-dealkylation sites (tertiary alicyclic amines) is 1. The fourth-order valence-electron chi connectivity index (χ4n) is 1.33. The summed E-state index contributed by atoms with van der Waals surface area (Å²) in [4.78, 5) is 13.0. The Morgan fingerprint density at radius 3 is 2.82 bits per heavy atom. The van der Waals surface area contributed by atoms with Gasteiger partial charge < -0.3 is 4.90 Å². The fourth-order valence-corrected chi connectivity index (χ4v) is 1.33. The first-order valence-electron chi connectivity index (χ1n) is 3.85. The maximum atomic E-state index is 11.4. The lowest BCUT2D eigenvalue weighted by Crippen LogP contribution is -2.36. The summed E-state index contributed by atoms with van der Waals surface area (Å²) in [7, 11) is 0. The second kappa shape index (κ2) is 3.37. The molecule has 0 aromatic rings. The summed E-state index contributed by atoms with van der Waals surface area (Å²) in [6, 6.07) is 0. The Bertz CT molecular complexity index is 168. The second-order valence-corrected chi connectivity index (χ2v) is 2.70. The Morgan fingerprint density at radius 2 is 2.27 bits per heavy atom. The molecule has 1 fully saturated rings. The Balaban J connectivity index is 2.66. The highest BCUT2D eigenvalue weighted by Gasteiger charge is 2.23. The van der Waals surface area contributed by atoms with Gasteiger partial charge in [0.15, 0.2) is 0 Å². The predicted octanol–water partition coefficient (Wildman–Crippen LogP) is 1.55. The lowest BCUT2D eigenvalue weighted by atomic mass is 9.98. The smallest absolute Gasteiger partial charge is 0.233 e. The van der Waals surface area contributed by atoms with Crippen LogP contribution in [0.5, 0.6) is 0 Å². The molecule has 1 heterocycles. The van der Waals surface area contributed by atoms with E-state index >= 15 is 0 Å². The average Bonchev–Trinajstić information content (AvgIpc) is 2.05. The molecule has 0 aromatic heterocycles. The molecule has 11 heavy (non-hydrogen) atoms. The summed E-state index contributed by atoms with van der Waals surface area (Å²) in [5, 5.41) is 0. The molecule has 1 saturated heterocycles. The number of nitrogens with zero attached hydrogens (tertiary/aromatic N) is 1. The van der Waals surface area contributed by atoms with E-state index in [4.69, 9.17) is 0 Å². The number of carbonyl (C=O) groups excluding carboxylic acids is 1. The van der Waals surface area contributed by atoms with Gasteiger partial charge in [-0.25, -0.2) is 0 Å². The van der Waals surface area contributed by atoms with Crippen LogP contribution in [-0.2, 0) is 4.79 Å². The molecule has 0 bridgehead atoms. The van der Waals surface area contributed by atoms with Crippen molar-refractivity contribution >= 4 is 5.91 Å². The van der Waals surface area contributed by atoms with Crippen LogP contribution in [-0.4, -0.2) is 17.4 Å². The maximum absolute atomic E-state index is 11.4. The van der Waals surface area contributed by atoms with Gasteiger partial charge in [-0.3, -0.25) is 4.79 Å². The van der Waals surface area contributed by atoms with Crippen molar-refractivity contribution in [3.05, 3.63) is 25.4 Å². The van der Waals surface area contributed by atoms with Gasteiger partial charge in [-0.15, -0.1) is 6.58 Å². The maximum Gasteiger partial charge on any atom is 0.233 e. The van der Waals surface area contributed by atoms with Gasteiger partial charge in [-0.1, -0.05) is 12.7 Å². The van der Waals surface area contributed by atoms with Crippen molar-refractivity contribution < 1.29 is 4.79 Å². The molecule has 2 heteroatoms. The summed E-state index contributed by atoms with van der Waals surface area (Å²) in [5.41, 5.74) is 0. The first kappa shape index (κ1) is 8.05. The number of hydrogen-bond donors (Lipinski definition) is 0. The second-order valence-electron chi connectivity index (χ2n) is 2.70. The van der Waals surface area contributed by atoms with Gasteiger partial charge in [0.2, 0.25) is 5.91 Å². The molecule has 0 spiro atoms. The molecule has 1 amide bonds. The fraction of sp³-hybridized carbons (Fsp3) is 0.444.